The number of fused-ring (bicyclic) bond motifs is 1. The molecule has 0 nitrogen and oxygen atoms in total. The van der Waals surface area contributed by atoms with E-state index >= 15 is 0 Å². The van der Waals surface area contributed by atoms with Crippen molar-refractivity contribution in [3.05, 3.63) is 70.8 Å². The average Bonchev–Trinajstić information content (AvgIpc) is 2.79. The summed E-state index contributed by atoms with van der Waals surface area (Å²) in [7, 11) is 0. The minimum Gasteiger partial charge on any atom is -0.0653 e. The second-order valence-corrected chi connectivity index (χ2v) is 5.44. The van der Waals surface area contributed by atoms with Crippen molar-refractivity contribution in [2.24, 2.45) is 0 Å². The van der Waals surface area contributed by atoms with Crippen LogP contribution in [0.3, 0.4) is 0 Å². The first kappa shape index (κ1) is 12.2. The van der Waals surface area contributed by atoms with Crippen LogP contribution in [-0.4, -0.2) is 0 Å². The van der Waals surface area contributed by atoms with Crippen LogP contribution in [0.25, 0.3) is 11.6 Å². The second-order valence-electron chi connectivity index (χ2n) is 5.44. The molecule has 3 rings (SSSR count). The van der Waals surface area contributed by atoms with Gasteiger partial charge in [-0.05, 0) is 35.6 Å². The monoisotopic (exact) mass is 248 g/mol. The Morgan fingerprint density at radius 3 is 2.42 bits per heavy atom. The summed E-state index contributed by atoms with van der Waals surface area (Å²) in [6.45, 7) is 4.42. The van der Waals surface area contributed by atoms with E-state index < -0.39 is 0 Å². The van der Waals surface area contributed by atoms with Gasteiger partial charge in [0.25, 0.3) is 0 Å². The predicted molar refractivity (Wildman–Crippen MR) is 83.1 cm³/mol. The lowest BCUT2D eigenvalue weighted by atomic mass is 9.88. The van der Waals surface area contributed by atoms with Gasteiger partial charge in [0.05, 0.1) is 0 Å². The molecule has 0 N–H and O–H groups in total. The highest BCUT2D eigenvalue weighted by Crippen LogP contribution is 2.44. The molecule has 0 fully saturated rings. The van der Waals surface area contributed by atoms with E-state index in [2.05, 4.69) is 68.5 Å². The van der Waals surface area contributed by atoms with E-state index in [1.54, 1.807) is 0 Å². The summed E-state index contributed by atoms with van der Waals surface area (Å²) in [5.41, 5.74) is 7.09. The molecule has 1 atom stereocenters. The molecular weight excluding hydrogens is 228 g/mol. The molecule has 0 spiro atoms. The SMILES string of the molecule is CCCC1C(c2ccc(C)cc2)=Cc2ccccc21. The Morgan fingerprint density at radius 2 is 1.68 bits per heavy atom. The molecule has 0 aliphatic heterocycles. The predicted octanol–water partition coefficient (Wildman–Crippen LogP) is 5.43. The summed E-state index contributed by atoms with van der Waals surface area (Å²) in [4.78, 5) is 0. The minimum atomic E-state index is 0.573. The van der Waals surface area contributed by atoms with Crippen LogP contribution in [0.1, 0.15) is 47.9 Å². The van der Waals surface area contributed by atoms with Crippen molar-refractivity contribution in [3.8, 4) is 0 Å². The van der Waals surface area contributed by atoms with Crippen molar-refractivity contribution in [2.45, 2.75) is 32.6 Å². The zero-order valence-corrected chi connectivity index (χ0v) is 11.7. The van der Waals surface area contributed by atoms with Gasteiger partial charge in [0.1, 0.15) is 0 Å². The topological polar surface area (TPSA) is 0 Å². The summed E-state index contributed by atoms with van der Waals surface area (Å²) < 4.78 is 0. The lowest BCUT2D eigenvalue weighted by Gasteiger charge is -2.16. The number of aryl methyl sites for hydroxylation is 1. The molecule has 1 aliphatic rings. The van der Waals surface area contributed by atoms with E-state index in [1.165, 1.54) is 40.7 Å². The Hall–Kier alpha value is -1.82. The Kier molecular flexibility index (Phi) is 3.25. The molecular formula is C19H20. The van der Waals surface area contributed by atoms with E-state index in [9.17, 15) is 0 Å². The fraction of sp³-hybridized carbons (Fsp3) is 0.263. The molecule has 19 heavy (non-hydrogen) atoms. The van der Waals surface area contributed by atoms with Gasteiger partial charge in [0.2, 0.25) is 0 Å². The van der Waals surface area contributed by atoms with Gasteiger partial charge in [-0.3, -0.25) is 0 Å². The number of rotatable bonds is 3. The standard InChI is InChI=1S/C19H20/c1-3-6-18-17-8-5-4-7-16(17)13-19(18)15-11-9-14(2)10-12-15/h4-5,7-13,18H,3,6H2,1-2H3. The van der Waals surface area contributed by atoms with Gasteiger partial charge >= 0.3 is 0 Å². The van der Waals surface area contributed by atoms with Crippen LogP contribution < -0.4 is 0 Å². The number of benzene rings is 2. The quantitative estimate of drug-likeness (QED) is 0.679. The molecule has 0 amide bonds. The molecule has 0 saturated carbocycles. The molecule has 0 aromatic heterocycles. The van der Waals surface area contributed by atoms with Crippen molar-refractivity contribution in [2.75, 3.05) is 0 Å². The Labute approximate surface area is 115 Å². The maximum absolute atomic E-state index is 2.38. The number of hydrogen-bond donors (Lipinski definition) is 0. The Bertz CT molecular complexity index is 602. The molecule has 0 saturated heterocycles. The maximum atomic E-state index is 2.38. The van der Waals surface area contributed by atoms with Gasteiger partial charge in [0, 0.05) is 5.92 Å². The van der Waals surface area contributed by atoms with Gasteiger partial charge in [-0.1, -0.05) is 73.5 Å². The Morgan fingerprint density at radius 1 is 0.947 bits per heavy atom. The molecule has 0 radical (unpaired) electrons. The highest BCUT2D eigenvalue weighted by atomic mass is 14.3. The van der Waals surface area contributed by atoms with Crippen molar-refractivity contribution in [1.82, 2.24) is 0 Å². The third-order valence-corrected chi connectivity index (χ3v) is 4.02. The van der Waals surface area contributed by atoms with Crippen LogP contribution >= 0.6 is 0 Å². The van der Waals surface area contributed by atoms with Crippen LogP contribution in [0, 0.1) is 6.92 Å². The second kappa shape index (κ2) is 5.05. The van der Waals surface area contributed by atoms with E-state index in [0.29, 0.717) is 5.92 Å². The largest absolute Gasteiger partial charge is 0.0653 e. The summed E-state index contributed by atoms with van der Waals surface area (Å²) in [6.07, 6.45) is 4.83. The van der Waals surface area contributed by atoms with E-state index in [1.807, 2.05) is 0 Å². The normalized spacial score (nSPS) is 17.2. The molecule has 96 valence electrons. The fourth-order valence-electron chi connectivity index (χ4n) is 3.03. The lowest BCUT2D eigenvalue weighted by molar-refractivity contribution is 0.737. The van der Waals surface area contributed by atoms with E-state index in [4.69, 9.17) is 0 Å². The van der Waals surface area contributed by atoms with Gasteiger partial charge in [-0.15, -0.1) is 0 Å². The summed E-state index contributed by atoms with van der Waals surface area (Å²) in [6, 6.07) is 17.8. The van der Waals surface area contributed by atoms with Crippen LogP contribution in [0.15, 0.2) is 48.5 Å². The smallest absolute Gasteiger partial charge is 0.0101 e. The van der Waals surface area contributed by atoms with E-state index in [0.717, 1.165) is 0 Å². The maximum Gasteiger partial charge on any atom is 0.0101 e. The molecule has 1 aliphatic carbocycles. The fourth-order valence-corrected chi connectivity index (χ4v) is 3.03. The van der Waals surface area contributed by atoms with Gasteiger partial charge in [-0.2, -0.15) is 0 Å². The summed E-state index contributed by atoms with van der Waals surface area (Å²) >= 11 is 0. The van der Waals surface area contributed by atoms with E-state index in [-0.39, 0.29) is 0 Å². The summed E-state index contributed by atoms with van der Waals surface area (Å²) in [5.74, 6) is 0.573. The zero-order chi connectivity index (χ0) is 13.2. The lowest BCUT2D eigenvalue weighted by Crippen LogP contribution is -1.98. The van der Waals surface area contributed by atoms with Crippen LogP contribution in [0.4, 0.5) is 0 Å². The van der Waals surface area contributed by atoms with Gasteiger partial charge < -0.3 is 0 Å². The molecule has 2 aromatic rings. The minimum absolute atomic E-state index is 0.573. The first-order valence-corrected chi connectivity index (χ1v) is 7.17. The van der Waals surface area contributed by atoms with Gasteiger partial charge in [0.15, 0.2) is 0 Å². The van der Waals surface area contributed by atoms with Crippen molar-refractivity contribution >= 4 is 11.6 Å². The first-order valence-electron chi connectivity index (χ1n) is 7.17. The zero-order valence-electron chi connectivity index (χ0n) is 11.7. The average molecular weight is 248 g/mol. The molecule has 0 heterocycles. The van der Waals surface area contributed by atoms with Crippen LogP contribution in [0.2, 0.25) is 0 Å². The van der Waals surface area contributed by atoms with Gasteiger partial charge in [-0.25, -0.2) is 0 Å². The summed E-state index contributed by atoms with van der Waals surface area (Å²) in [5, 5.41) is 0. The molecule has 1 unspecified atom stereocenters. The third-order valence-electron chi connectivity index (χ3n) is 4.02. The molecule has 0 bridgehead atoms. The van der Waals surface area contributed by atoms with Crippen molar-refractivity contribution < 1.29 is 0 Å². The first-order chi connectivity index (χ1) is 9.29. The molecule has 0 heteroatoms. The van der Waals surface area contributed by atoms with Crippen LogP contribution in [0.5, 0.6) is 0 Å². The third kappa shape index (κ3) is 2.23. The molecule has 2 aromatic carbocycles. The number of hydrogen-bond acceptors (Lipinski definition) is 0. The van der Waals surface area contributed by atoms with Crippen molar-refractivity contribution in [3.63, 3.8) is 0 Å². The highest BCUT2D eigenvalue weighted by Gasteiger charge is 2.24. The van der Waals surface area contributed by atoms with Crippen molar-refractivity contribution in [1.29, 1.82) is 0 Å². The Balaban J connectivity index is 2.04. The van der Waals surface area contributed by atoms with Crippen LogP contribution in [-0.2, 0) is 0 Å². The highest BCUT2D eigenvalue weighted by molar-refractivity contribution is 5.91. The number of allylic oxidation sites excluding steroid dienone is 1.